The lowest BCUT2D eigenvalue weighted by molar-refractivity contribution is 0.0382. The zero-order chi connectivity index (χ0) is 13.6. The van der Waals surface area contributed by atoms with Gasteiger partial charge in [-0.3, -0.25) is 0 Å². The molecule has 102 valence electrons. The van der Waals surface area contributed by atoms with Crippen LogP contribution in [0, 0.1) is 5.92 Å². The van der Waals surface area contributed by atoms with Crippen molar-refractivity contribution >= 4 is 0 Å². The standard InChI is InChI=1S/C14H24N2O2/c1-11(2)8-14(3,17)10-15-9-12-6-5-7-13(16-12)18-4/h5-7,11,15,17H,8-10H2,1-4H3. The van der Waals surface area contributed by atoms with Crippen molar-refractivity contribution < 1.29 is 9.84 Å². The first kappa shape index (κ1) is 14.9. The first-order valence-electron chi connectivity index (χ1n) is 6.36. The number of aromatic nitrogens is 1. The van der Waals surface area contributed by atoms with Gasteiger partial charge in [-0.25, -0.2) is 4.98 Å². The van der Waals surface area contributed by atoms with Gasteiger partial charge in [0.05, 0.1) is 18.4 Å². The number of hydrogen-bond donors (Lipinski definition) is 2. The maximum Gasteiger partial charge on any atom is 0.213 e. The Morgan fingerprint density at radius 2 is 2.17 bits per heavy atom. The summed E-state index contributed by atoms with van der Waals surface area (Å²) in [5, 5.41) is 13.4. The maximum absolute atomic E-state index is 10.2. The van der Waals surface area contributed by atoms with E-state index in [-0.39, 0.29) is 0 Å². The highest BCUT2D eigenvalue weighted by molar-refractivity contribution is 5.15. The molecule has 0 radical (unpaired) electrons. The third-order valence-corrected chi connectivity index (χ3v) is 2.65. The number of rotatable bonds is 7. The highest BCUT2D eigenvalue weighted by Crippen LogP contribution is 2.15. The number of aliphatic hydroxyl groups is 1. The molecule has 1 aromatic heterocycles. The molecule has 0 aliphatic rings. The average Bonchev–Trinajstić information content (AvgIpc) is 2.27. The van der Waals surface area contributed by atoms with Crippen LogP contribution in [0.15, 0.2) is 18.2 Å². The van der Waals surface area contributed by atoms with Crippen molar-refractivity contribution in [2.45, 2.75) is 39.3 Å². The minimum absolute atomic E-state index is 0.483. The largest absolute Gasteiger partial charge is 0.481 e. The number of ether oxygens (including phenoxy) is 1. The van der Waals surface area contributed by atoms with Crippen molar-refractivity contribution in [2.24, 2.45) is 5.92 Å². The van der Waals surface area contributed by atoms with Crippen LogP contribution in [0.5, 0.6) is 5.88 Å². The molecule has 0 amide bonds. The van der Waals surface area contributed by atoms with E-state index in [0.717, 1.165) is 12.1 Å². The topological polar surface area (TPSA) is 54.4 Å². The number of hydrogen-bond acceptors (Lipinski definition) is 4. The smallest absolute Gasteiger partial charge is 0.213 e. The Labute approximate surface area is 109 Å². The molecule has 18 heavy (non-hydrogen) atoms. The molecule has 0 aromatic carbocycles. The fourth-order valence-corrected chi connectivity index (χ4v) is 2.08. The predicted molar refractivity (Wildman–Crippen MR) is 72.6 cm³/mol. The normalized spacial score (nSPS) is 14.6. The van der Waals surface area contributed by atoms with Crippen LogP contribution in [0.1, 0.15) is 32.9 Å². The van der Waals surface area contributed by atoms with Crippen LogP contribution in [0.2, 0.25) is 0 Å². The van der Waals surface area contributed by atoms with E-state index >= 15 is 0 Å². The molecule has 1 atom stereocenters. The van der Waals surface area contributed by atoms with E-state index in [1.165, 1.54) is 0 Å². The van der Waals surface area contributed by atoms with Crippen LogP contribution in [0.25, 0.3) is 0 Å². The molecule has 2 N–H and O–H groups in total. The molecule has 1 heterocycles. The van der Waals surface area contributed by atoms with E-state index in [9.17, 15) is 5.11 Å². The molecule has 0 bridgehead atoms. The van der Waals surface area contributed by atoms with Crippen LogP contribution in [-0.2, 0) is 6.54 Å². The van der Waals surface area contributed by atoms with Crippen molar-refractivity contribution in [3.63, 3.8) is 0 Å². The number of nitrogens with zero attached hydrogens (tertiary/aromatic N) is 1. The van der Waals surface area contributed by atoms with Crippen LogP contribution in [0.4, 0.5) is 0 Å². The second kappa shape index (κ2) is 6.71. The van der Waals surface area contributed by atoms with Crippen LogP contribution >= 0.6 is 0 Å². The fourth-order valence-electron chi connectivity index (χ4n) is 2.08. The molecule has 0 saturated carbocycles. The SMILES string of the molecule is COc1cccc(CNCC(C)(O)CC(C)C)n1. The Balaban J connectivity index is 2.41. The summed E-state index contributed by atoms with van der Waals surface area (Å²) < 4.78 is 5.07. The molecule has 4 nitrogen and oxygen atoms in total. The Morgan fingerprint density at radius 1 is 1.44 bits per heavy atom. The molecular formula is C14H24N2O2. The Kier molecular flexibility index (Phi) is 5.56. The predicted octanol–water partition coefficient (Wildman–Crippen LogP) is 1.98. The van der Waals surface area contributed by atoms with Crippen molar-refractivity contribution in [3.05, 3.63) is 23.9 Å². The minimum atomic E-state index is -0.674. The lowest BCUT2D eigenvalue weighted by Gasteiger charge is -2.25. The minimum Gasteiger partial charge on any atom is -0.481 e. The number of pyridine rings is 1. The third kappa shape index (κ3) is 5.47. The quantitative estimate of drug-likeness (QED) is 0.779. The fraction of sp³-hybridized carbons (Fsp3) is 0.643. The summed E-state index contributed by atoms with van der Waals surface area (Å²) >= 11 is 0. The van der Waals surface area contributed by atoms with Gasteiger partial charge >= 0.3 is 0 Å². The van der Waals surface area contributed by atoms with Gasteiger partial charge in [-0.1, -0.05) is 19.9 Å². The summed E-state index contributed by atoms with van der Waals surface area (Å²) in [6.45, 7) is 7.27. The lowest BCUT2D eigenvalue weighted by Crippen LogP contribution is -2.38. The van der Waals surface area contributed by atoms with Gasteiger partial charge in [0.1, 0.15) is 0 Å². The first-order chi connectivity index (χ1) is 8.43. The maximum atomic E-state index is 10.2. The first-order valence-corrected chi connectivity index (χ1v) is 6.36. The van der Waals surface area contributed by atoms with Crippen LogP contribution < -0.4 is 10.1 Å². The molecular weight excluding hydrogens is 228 g/mol. The molecule has 0 aliphatic heterocycles. The van der Waals surface area contributed by atoms with Gasteiger partial charge in [-0.2, -0.15) is 0 Å². The van der Waals surface area contributed by atoms with Gasteiger partial charge in [0.25, 0.3) is 0 Å². The van der Waals surface area contributed by atoms with Crippen molar-refractivity contribution in [1.29, 1.82) is 0 Å². The number of nitrogens with one attached hydrogen (secondary N) is 1. The zero-order valence-corrected chi connectivity index (χ0v) is 11.7. The van der Waals surface area contributed by atoms with Crippen molar-refractivity contribution in [3.8, 4) is 5.88 Å². The molecule has 1 aromatic rings. The molecule has 1 rings (SSSR count). The Bertz CT molecular complexity index is 365. The summed E-state index contributed by atoms with van der Waals surface area (Å²) in [5.74, 6) is 1.10. The van der Waals surface area contributed by atoms with Crippen LogP contribution in [-0.4, -0.2) is 29.3 Å². The van der Waals surface area contributed by atoms with Gasteiger partial charge in [0, 0.05) is 19.2 Å². The number of methoxy groups -OCH3 is 1. The monoisotopic (exact) mass is 252 g/mol. The van der Waals surface area contributed by atoms with Gasteiger partial charge in [0.15, 0.2) is 0 Å². The summed E-state index contributed by atoms with van der Waals surface area (Å²) in [7, 11) is 1.60. The van der Waals surface area contributed by atoms with E-state index in [2.05, 4.69) is 24.1 Å². The Morgan fingerprint density at radius 3 is 2.78 bits per heavy atom. The van der Waals surface area contributed by atoms with Gasteiger partial charge in [-0.15, -0.1) is 0 Å². The summed E-state index contributed by atoms with van der Waals surface area (Å²) in [5.41, 5.74) is 0.238. The summed E-state index contributed by atoms with van der Waals surface area (Å²) in [6.07, 6.45) is 0.783. The molecule has 0 fully saturated rings. The highest BCUT2D eigenvalue weighted by atomic mass is 16.5. The summed E-state index contributed by atoms with van der Waals surface area (Å²) in [6, 6.07) is 5.67. The van der Waals surface area contributed by atoms with Crippen molar-refractivity contribution in [1.82, 2.24) is 10.3 Å². The van der Waals surface area contributed by atoms with E-state index in [4.69, 9.17) is 4.74 Å². The van der Waals surface area contributed by atoms with E-state index in [1.54, 1.807) is 7.11 Å². The molecule has 0 spiro atoms. The molecule has 4 heteroatoms. The van der Waals surface area contributed by atoms with Crippen molar-refractivity contribution in [2.75, 3.05) is 13.7 Å². The Hall–Kier alpha value is -1.13. The molecule has 0 saturated heterocycles. The van der Waals surface area contributed by atoms with E-state index in [0.29, 0.717) is 24.9 Å². The van der Waals surface area contributed by atoms with Gasteiger partial charge in [0.2, 0.25) is 5.88 Å². The highest BCUT2D eigenvalue weighted by Gasteiger charge is 2.21. The van der Waals surface area contributed by atoms with Gasteiger partial charge < -0.3 is 15.2 Å². The summed E-state index contributed by atoms with van der Waals surface area (Å²) in [4.78, 5) is 4.31. The second-order valence-electron chi connectivity index (χ2n) is 5.37. The zero-order valence-electron chi connectivity index (χ0n) is 11.7. The average molecular weight is 252 g/mol. The van der Waals surface area contributed by atoms with Crippen LogP contribution in [0.3, 0.4) is 0 Å². The molecule has 1 unspecified atom stereocenters. The molecule has 0 aliphatic carbocycles. The third-order valence-electron chi connectivity index (χ3n) is 2.65. The second-order valence-corrected chi connectivity index (χ2v) is 5.37. The van der Waals surface area contributed by atoms with E-state index < -0.39 is 5.60 Å². The lowest BCUT2D eigenvalue weighted by atomic mass is 9.94. The van der Waals surface area contributed by atoms with Gasteiger partial charge in [-0.05, 0) is 25.3 Å². The van der Waals surface area contributed by atoms with E-state index in [1.807, 2.05) is 25.1 Å².